The van der Waals surface area contributed by atoms with Gasteiger partial charge >= 0.3 is 7.60 Å². The van der Waals surface area contributed by atoms with Crippen LogP contribution in [0.5, 0.6) is 0 Å². The first-order valence-corrected chi connectivity index (χ1v) is 7.57. The topological polar surface area (TPSA) is 68.4 Å². The summed E-state index contributed by atoms with van der Waals surface area (Å²) in [6.45, 7) is 1.77. The molecule has 0 aliphatic rings. The molecule has 20 heavy (non-hydrogen) atoms. The van der Waals surface area contributed by atoms with Crippen LogP contribution in [0.1, 0.15) is 5.69 Å². The van der Waals surface area contributed by atoms with Crippen LogP contribution in [0.3, 0.4) is 0 Å². The van der Waals surface area contributed by atoms with Crippen LogP contribution in [0.15, 0.2) is 41.2 Å². The van der Waals surface area contributed by atoms with Crippen molar-refractivity contribution in [3.05, 3.63) is 52.4 Å². The number of pyridine rings is 1. The van der Waals surface area contributed by atoms with Crippen molar-refractivity contribution in [1.29, 1.82) is 0 Å². The van der Waals surface area contributed by atoms with Crippen molar-refractivity contribution in [2.24, 2.45) is 0 Å². The largest absolute Gasteiger partial charge is 0.367 e. The summed E-state index contributed by atoms with van der Waals surface area (Å²) in [4.78, 5) is 14.8. The summed E-state index contributed by atoms with van der Waals surface area (Å²) in [6, 6.07) is 11.0. The molecule has 1 aromatic heterocycles. The van der Waals surface area contributed by atoms with Gasteiger partial charge in [0.25, 0.3) is 5.56 Å². The summed E-state index contributed by atoms with van der Waals surface area (Å²) in [6.07, 6.45) is 0. The van der Waals surface area contributed by atoms with Crippen molar-refractivity contribution in [3.63, 3.8) is 0 Å². The second kappa shape index (κ2) is 5.75. The highest BCUT2D eigenvalue weighted by Gasteiger charge is 2.32. The maximum Gasteiger partial charge on any atom is 0.367 e. The summed E-state index contributed by atoms with van der Waals surface area (Å²) in [5.41, 5.74) is 1.55. The van der Waals surface area contributed by atoms with Crippen LogP contribution in [0.25, 0.3) is 11.1 Å². The molecule has 0 saturated heterocycles. The Hall–Kier alpha value is -1.68. The van der Waals surface area contributed by atoms with Gasteiger partial charge in [-0.1, -0.05) is 30.3 Å². The Balaban J connectivity index is 2.81. The van der Waals surface area contributed by atoms with Gasteiger partial charge in [-0.3, -0.25) is 9.36 Å². The first kappa shape index (κ1) is 14.7. The molecule has 2 rings (SSSR count). The first-order chi connectivity index (χ1) is 9.51. The highest BCUT2D eigenvalue weighted by Crippen LogP contribution is 2.46. The number of nitrogens with one attached hydrogen (secondary N) is 1. The molecule has 0 saturated carbocycles. The number of H-pyrrole nitrogens is 1. The molecular formula is C14H16NO4P. The van der Waals surface area contributed by atoms with Crippen LogP contribution in [-0.2, 0) is 13.6 Å². The molecule has 6 heteroatoms. The Morgan fingerprint density at radius 3 is 2.25 bits per heavy atom. The zero-order valence-electron chi connectivity index (χ0n) is 11.5. The Morgan fingerprint density at radius 2 is 1.70 bits per heavy atom. The molecule has 0 radical (unpaired) electrons. The van der Waals surface area contributed by atoms with Crippen LogP contribution in [0, 0.1) is 6.92 Å². The van der Waals surface area contributed by atoms with Crippen molar-refractivity contribution < 1.29 is 13.6 Å². The molecule has 106 valence electrons. The molecule has 1 N–H and O–H groups in total. The number of aromatic nitrogens is 1. The molecule has 0 fully saturated rings. The molecule has 0 aliphatic heterocycles. The van der Waals surface area contributed by atoms with E-state index in [1.807, 2.05) is 30.3 Å². The van der Waals surface area contributed by atoms with E-state index in [2.05, 4.69) is 4.98 Å². The summed E-state index contributed by atoms with van der Waals surface area (Å²) < 4.78 is 22.6. The van der Waals surface area contributed by atoms with Gasteiger partial charge < -0.3 is 14.0 Å². The molecule has 0 spiro atoms. The second-order valence-corrected chi connectivity index (χ2v) is 6.44. The van der Waals surface area contributed by atoms with Crippen molar-refractivity contribution in [2.45, 2.75) is 6.92 Å². The van der Waals surface area contributed by atoms with E-state index < -0.39 is 13.2 Å². The molecule has 5 nitrogen and oxygen atoms in total. The summed E-state index contributed by atoms with van der Waals surface area (Å²) in [5, 5.41) is 0.0271. The normalized spacial score (nSPS) is 11.6. The number of aromatic amines is 1. The minimum Gasteiger partial charge on any atom is -0.326 e. The Kier molecular flexibility index (Phi) is 4.23. The Labute approximate surface area is 117 Å². The van der Waals surface area contributed by atoms with Gasteiger partial charge in [0, 0.05) is 25.5 Å². The third kappa shape index (κ3) is 2.61. The fraction of sp³-hybridized carbons (Fsp3) is 0.214. The number of hydrogen-bond donors (Lipinski definition) is 1. The van der Waals surface area contributed by atoms with Crippen molar-refractivity contribution in [3.8, 4) is 11.1 Å². The molecule has 1 aromatic carbocycles. The molecule has 0 aliphatic carbocycles. The molecule has 0 amide bonds. The maximum absolute atomic E-state index is 12.6. The zero-order chi connectivity index (χ0) is 14.8. The van der Waals surface area contributed by atoms with Gasteiger partial charge in [-0.05, 0) is 18.6 Å². The van der Waals surface area contributed by atoms with Crippen molar-refractivity contribution in [1.82, 2.24) is 4.98 Å². The van der Waals surface area contributed by atoms with Crippen LogP contribution in [0.2, 0.25) is 0 Å². The SMILES string of the molecule is COP(=O)(OC)c1c(-c2ccccc2)cc(C)[nH]c1=O. The minimum absolute atomic E-state index is 0.0271. The highest BCUT2D eigenvalue weighted by molar-refractivity contribution is 7.62. The Morgan fingerprint density at radius 1 is 1.10 bits per heavy atom. The van der Waals surface area contributed by atoms with E-state index in [9.17, 15) is 9.36 Å². The average molecular weight is 293 g/mol. The van der Waals surface area contributed by atoms with Crippen LogP contribution >= 0.6 is 7.60 Å². The monoisotopic (exact) mass is 293 g/mol. The predicted octanol–water partition coefficient (Wildman–Crippen LogP) is 2.46. The van der Waals surface area contributed by atoms with Gasteiger partial charge in [-0.25, -0.2) is 0 Å². The summed E-state index contributed by atoms with van der Waals surface area (Å²) >= 11 is 0. The van der Waals surface area contributed by atoms with Gasteiger partial charge in [-0.15, -0.1) is 0 Å². The van der Waals surface area contributed by atoms with Crippen molar-refractivity contribution >= 4 is 12.9 Å². The number of hydrogen-bond acceptors (Lipinski definition) is 4. The van der Waals surface area contributed by atoms with E-state index in [0.29, 0.717) is 11.3 Å². The van der Waals surface area contributed by atoms with Gasteiger partial charge in [0.1, 0.15) is 5.30 Å². The first-order valence-electron chi connectivity index (χ1n) is 6.03. The molecule has 0 bridgehead atoms. The molecule has 1 heterocycles. The standard InChI is InChI=1S/C14H16NO4P/c1-10-9-12(11-7-5-4-6-8-11)13(14(16)15-10)20(17,18-2)19-3/h4-9H,1-3H3,(H,15,16). The van der Waals surface area contributed by atoms with Gasteiger partial charge in [0.05, 0.1) is 0 Å². The maximum atomic E-state index is 12.6. The highest BCUT2D eigenvalue weighted by atomic mass is 31.2. The lowest BCUT2D eigenvalue weighted by Crippen LogP contribution is -2.31. The fourth-order valence-electron chi connectivity index (χ4n) is 2.05. The number of aryl methyl sites for hydroxylation is 1. The molecule has 0 unspecified atom stereocenters. The van der Waals surface area contributed by atoms with Gasteiger partial charge in [0.15, 0.2) is 0 Å². The lowest BCUT2D eigenvalue weighted by molar-refractivity contribution is 0.287. The third-order valence-corrected chi connectivity index (χ3v) is 4.93. The molecule has 0 atom stereocenters. The van der Waals surface area contributed by atoms with Crippen LogP contribution in [-0.4, -0.2) is 19.2 Å². The van der Waals surface area contributed by atoms with Crippen molar-refractivity contribution in [2.75, 3.05) is 14.2 Å². The predicted molar refractivity (Wildman–Crippen MR) is 78.5 cm³/mol. The number of benzene rings is 1. The smallest absolute Gasteiger partial charge is 0.326 e. The van der Waals surface area contributed by atoms with E-state index >= 15 is 0 Å². The van der Waals surface area contributed by atoms with E-state index in [4.69, 9.17) is 9.05 Å². The third-order valence-electron chi connectivity index (χ3n) is 2.98. The van der Waals surface area contributed by atoms with Gasteiger partial charge in [-0.2, -0.15) is 0 Å². The average Bonchev–Trinajstić information content (AvgIpc) is 2.46. The second-order valence-electron chi connectivity index (χ2n) is 4.27. The minimum atomic E-state index is -3.64. The summed E-state index contributed by atoms with van der Waals surface area (Å²) in [7, 11) is -1.11. The van der Waals surface area contributed by atoms with E-state index in [-0.39, 0.29) is 5.30 Å². The zero-order valence-corrected chi connectivity index (χ0v) is 12.4. The summed E-state index contributed by atoms with van der Waals surface area (Å²) in [5.74, 6) is 0. The Bertz CT molecular complexity index is 701. The lowest BCUT2D eigenvalue weighted by Gasteiger charge is -2.17. The molecule has 2 aromatic rings. The van der Waals surface area contributed by atoms with Crippen LogP contribution < -0.4 is 10.9 Å². The molecular weight excluding hydrogens is 277 g/mol. The lowest BCUT2D eigenvalue weighted by atomic mass is 10.1. The van der Waals surface area contributed by atoms with Crippen LogP contribution in [0.4, 0.5) is 0 Å². The number of rotatable bonds is 4. The van der Waals surface area contributed by atoms with E-state index in [1.54, 1.807) is 13.0 Å². The quantitative estimate of drug-likeness (QED) is 0.879. The fourth-order valence-corrected chi connectivity index (χ4v) is 3.36. The van der Waals surface area contributed by atoms with Gasteiger partial charge in [0.2, 0.25) is 0 Å². The van der Waals surface area contributed by atoms with E-state index in [1.165, 1.54) is 14.2 Å². The van der Waals surface area contributed by atoms with E-state index in [0.717, 1.165) is 5.56 Å².